The Bertz CT molecular complexity index is 1040. The van der Waals surface area contributed by atoms with Gasteiger partial charge in [0.1, 0.15) is 18.1 Å². The van der Waals surface area contributed by atoms with Crippen molar-refractivity contribution in [3.8, 4) is 28.7 Å². The average Bonchev–Trinajstić information content (AvgIpc) is 2.76. The van der Waals surface area contributed by atoms with Crippen LogP contribution in [0.2, 0.25) is 0 Å². The molecule has 31 heavy (non-hydrogen) atoms. The number of phenols is 5. The number of ether oxygens (including phenoxy) is 1. The third-order valence-electron chi connectivity index (χ3n) is 5.43. The molecule has 0 heterocycles. The number of aromatic hydroxyl groups is 5. The van der Waals surface area contributed by atoms with Crippen LogP contribution in [0.25, 0.3) is 0 Å². The molecule has 7 nitrogen and oxygen atoms in total. The molecule has 0 atom stereocenters. The monoisotopic (exact) mass is 424 g/mol. The van der Waals surface area contributed by atoms with E-state index in [1.54, 1.807) is 31.2 Å². The lowest BCUT2D eigenvalue weighted by atomic mass is 9.77. The van der Waals surface area contributed by atoms with Gasteiger partial charge in [-0.25, -0.2) is 4.79 Å². The van der Waals surface area contributed by atoms with E-state index in [0.717, 1.165) is 17.2 Å². The Morgan fingerprint density at radius 3 is 1.77 bits per heavy atom. The topological polar surface area (TPSA) is 127 Å². The summed E-state index contributed by atoms with van der Waals surface area (Å²) in [4.78, 5) is 12.9. The van der Waals surface area contributed by atoms with E-state index in [1.165, 1.54) is 24.3 Å². The van der Waals surface area contributed by atoms with Crippen molar-refractivity contribution in [1.29, 1.82) is 0 Å². The van der Waals surface area contributed by atoms with E-state index in [0.29, 0.717) is 0 Å². The number of carbonyl (C=O) groups excluding carboxylic acids is 1. The fraction of sp³-hybridized carbons (Fsp3) is 0.208. The maximum atomic E-state index is 12.9. The summed E-state index contributed by atoms with van der Waals surface area (Å²) in [6.07, 6.45) is 0.233. The minimum Gasteiger partial charge on any atom is -0.508 e. The first-order valence-corrected chi connectivity index (χ1v) is 9.70. The highest BCUT2D eigenvalue weighted by Crippen LogP contribution is 2.40. The number of hydrogen-bond donors (Lipinski definition) is 5. The molecule has 3 aromatic rings. The van der Waals surface area contributed by atoms with Crippen LogP contribution < -0.4 is 0 Å². The first-order chi connectivity index (χ1) is 14.7. The van der Waals surface area contributed by atoms with Crippen LogP contribution in [0.5, 0.6) is 28.7 Å². The molecule has 0 aliphatic carbocycles. The summed E-state index contributed by atoms with van der Waals surface area (Å²) in [7, 11) is 0. The molecule has 0 unspecified atom stereocenters. The van der Waals surface area contributed by atoms with Crippen molar-refractivity contribution in [2.45, 2.75) is 25.7 Å². The Hall–Kier alpha value is -3.87. The normalized spacial score (nSPS) is 11.3. The Labute approximate surface area is 179 Å². The predicted molar refractivity (Wildman–Crippen MR) is 114 cm³/mol. The summed E-state index contributed by atoms with van der Waals surface area (Å²) in [5, 5.41) is 48.9. The number of benzene rings is 3. The second kappa shape index (κ2) is 8.47. The van der Waals surface area contributed by atoms with Crippen LogP contribution in [-0.2, 0) is 16.6 Å². The third kappa shape index (κ3) is 4.21. The molecule has 0 aliphatic rings. The summed E-state index contributed by atoms with van der Waals surface area (Å²) in [5.74, 6) is -2.46. The SMILES string of the molecule is CCc1c(C(=O)OCC(C)(c2ccc(O)cc2)c2ccc(O)cc2)cc(O)c(O)c1O. The molecule has 0 saturated heterocycles. The molecule has 0 aliphatic heterocycles. The van der Waals surface area contributed by atoms with Crippen molar-refractivity contribution >= 4 is 5.97 Å². The number of carbonyl (C=O) groups is 1. The molecule has 0 aromatic heterocycles. The van der Waals surface area contributed by atoms with Gasteiger partial charge in [-0.15, -0.1) is 0 Å². The van der Waals surface area contributed by atoms with Gasteiger partial charge in [0.15, 0.2) is 11.5 Å². The smallest absolute Gasteiger partial charge is 0.338 e. The highest BCUT2D eigenvalue weighted by atomic mass is 16.5. The van der Waals surface area contributed by atoms with Gasteiger partial charge >= 0.3 is 5.97 Å². The quantitative estimate of drug-likeness (QED) is 0.300. The van der Waals surface area contributed by atoms with Crippen LogP contribution >= 0.6 is 0 Å². The molecule has 3 rings (SSSR count). The molecule has 0 saturated carbocycles. The van der Waals surface area contributed by atoms with Gasteiger partial charge in [-0.05, 0) is 54.8 Å². The van der Waals surface area contributed by atoms with Gasteiger partial charge in [0.2, 0.25) is 5.75 Å². The Morgan fingerprint density at radius 1 is 0.839 bits per heavy atom. The van der Waals surface area contributed by atoms with Gasteiger partial charge in [-0.3, -0.25) is 0 Å². The number of esters is 1. The van der Waals surface area contributed by atoms with Gasteiger partial charge in [0.25, 0.3) is 0 Å². The molecule has 162 valence electrons. The number of hydrogen-bond acceptors (Lipinski definition) is 7. The van der Waals surface area contributed by atoms with Gasteiger partial charge in [0, 0.05) is 5.56 Å². The largest absolute Gasteiger partial charge is 0.508 e. The van der Waals surface area contributed by atoms with Crippen molar-refractivity contribution in [3.05, 3.63) is 76.9 Å². The van der Waals surface area contributed by atoms with E-state index in [4.69, 9.17) is 4.74 Å². The Kier molecular flexibility index (Phi) is 5.97. The van der Waals surface area contributed by atoms with Crippen molar-refractivity contribution < 1.29 is 35.1 Å². The summed E-state index contributed by atoms with van der Waals surface area (Å²) in [5.41, 5.74) is 0.807. The van der Waals surface area contributed by atoms with Crippen LogP contribution in [-0.4, -0.2) is 38.1 Å². The van der Waals surface area contributed by atoms with Crippen LogP contribution in [0, 0.1) is 0 Å². The zero-order valence-electron chi connectivity index (χ0n) is 17.2. The second-order valence-electron chi connectivity index (χ2n) is 7.47. The van der Waals surface area contributed by atoms with E-state index in [9.17, 15) is 30.3 Å². The third-order valence-corrected chi connectivity index (χ3v) is 5.43. The first kappa shape index (κ1) is 21.8. The molecule has 7 heteroatoms. The van der Waals surface area contributed by atoms with Gasteiger partial charge in [-0.2, -0.15) is 0 Å². The lowest BCUT2D eigenvalue weighted by Gasteiger charge is -2.30. The van der Waals surface area contributed by atoms with Crippen LogP contribution in [0.3, 0.4) is 0 Å². The van der Waals surface area contributed by atoms with E-state index in [-0.39, 0.29) is 35.7 Å². The van der Waals surface area contributed by atoms with E-state index >= 15 is 0 Å². The van der Waals surface area contributed by atoms with E-state index in [1.807, 2.05) is 6.92 Å². The maximum Gasteiger partial charge on any atom is 0.338 e. The van der Waals surface area contributed by atoms with Gasteiger partial charge in [-0.1, -0.05) is 31.2 Å². The molecular weight excluding hydrogens is 400 g/mol. The zero-order valence-corrected chi connectivity index (χ0v) is 17.2. The van der Waals surface area contributed by atoms with Crippen LogP contribution in [0.15, 0.2) is 54.6 Å². The molecular formula is C24H24O7. The number of phenolic OH excluding ortho intramolecular Hbond substituents is 5. The average molecular weight is 424 g/mol. The molecule has 0 spiro atoms. The van der Waals surface area contributed by atoms with Crippen molar-refractivity contribution in [2.75, 3.05) is 6.61 Å². The molecule has 0 fully saturated rings. The molecule has 3 aromatic carbocycles. The van der Waals surface area contributed by atoms with Crippen LogP contribution in [0.4, 0.5) is 0 Å². The summed E-state index contributed by atoms with van der Waals surface area (Å²) < 4.78 is 5.59. The highest BCUT2D eigenvalue weighted by molar-refractivity contribution is 5.93. The van der Waals surface area contributed by atoms with Crippen molar-refractivity contribution in [1.82, 2.24) is 0 Å². The lowest BCUT2D eigenvalue weighted by molar-refractivity contribution is 0.0439. The fourth-order valence-corrected chi connectivity index (χ4v) is 3.50. The standard InChI is InChI=1S/C24H24O7/c1-3-18-19(12-20(27)22(29)21(18)28)23(30)31-13-24(2,14-4-8-16(25)9-5-14)15-6-10-17(26)11-7-15/h4-12,25-29H,3,13H2,1-2H3. The minimum absolute atomic E-state index is 0.0472. The van der Waals surface area contributed by atoms with Crippen molar-refractivity contribution in [3.63, 3.8) is 0 Å². The zero-order chi connectivity index (χ0) is 22.8. The lowest BCUT2D eigenvalue weighted by Crippen LogP contribution is -2.31. The van der Waals surface area contributed by atoms with Gasteiger partial charge in [0.05, 0.1) is 11.0 Å². The molecule has 0 bridgehead atoms. The first-order valence-electron chi connectivity index (χ1n) is 9.70. The molecule has 0 radical (unpaired) electrons. The Morgan fingerprint density at radius 2 is 1.32 bits per heavy atom. The fourth-order valence-electron chi connectivity index (χ4n) is 3.50. The predicted octanol–water partition coefficient (Wildman–Crippen LogP) is 3.94. The molecule has 5 N–H and O–H groups in total. The summed E-state index contributed by atoms with van der Waals surface area (Å²) >= 11 is 0. The molecule has 0 amide bonds. The van der Waals surface area contributed by atoms with Crippen LogP contribution in [0.1, 0.15) is 40.9 Å². The maximum absolute atomic E-state index is 12.9. The minimum atomic E-state index is -0.829. The summed E-state index contributed by atoms with van der Waals surface area (Å²) in [6.45, 7) is 3.44. The Balaban J connectivity index is 1.97. The van der Waals surface area contributed by atoms with Crippen molar-refractivity contribution in [2.24, 2.45) is 0 Å². The second-order valence-corrected chi connectivity index (χ2v) is 7.47. The number of rotatable bonds is 6. The highest BCUT2D eigenvalue weighted by Gasteiger charge is 2.32. The van der Waals surface area contributed by atoms with E-state index in [2.05, 4.69) is 0 Å². The summed E-state index contributed by atoms with van der Waals surface area (Å²) in [6, 6.07) is 14.0. The van der Waals surface area contributed by atoms with E-state index < -0.39 is 28.6 Å². The van der Waals surface area contributed by atoms with Gasteiger partial charge < -0.3 is 30.3 Å².